The van der Waals surface area contributed by atoms with E-state index in [1.807, 2.05) is 13.0 Å². The highest BCUT2D eigenvalue weighted by molar-refractivity contribution is 7.92. The molecule has 0 bridgehead atoms. The van der Waals surface area contributed by atoms with Crippen molar-refractivity contribution >= 4 is 32.4 Å². The molecule has 0 spiro atoms. The number of anilines is 2. The van der Waals surface area contributed by atoms with Gasteiger partial charge in [-0.3, -0.25) is 4.72 Å². The van der Waals surface area contributed by atoms with Crippen LogP contribution in [0, 0.1) is 18.7 Å². The van der Waals surface area contributed by atoms with Crippen LogP contribution in [0.15, 0.2) is 54.9 Å². The highest BCUT2D eigenvalue weighted by Crippen LogP contribution is 2.39. The van der Waals surface area contributed by atoms with Crippen molar-refractivity contribution in [2.75, 3.05) is 28.9 Å². The van der Waals surface area contributed by atoms with E-state index in [4.69, 9.17) is 9.72 Å². The Morgan fingerprint density at radius 1 is 1.10 bits per heavy atom. The van der Waals surface area contributed by atoms with Crippen LogP contribution in [0.25, 0.3) is 22.0 Å². The maximum absolute atomic E-state index is 14.9. The maximum Gasteiger partial charge on any atom is 0.232 e. The molecule has 11 heteroatoms. The fourth-order valence-corrected chi connectivity index (χ4v) is 6.02. The zero-order chi connectivity index (χ0) is 28.3. The molecule has 3 heterocycles. The standard InChI is InChI=1S/C29H33FN6O3S/c1-4-16-40(37,38)36-26-20-8-7-19(3)27(21(20)9-10-23(26)30)39-28-22(6-5-13-32-28)24-12-15-33-29(34-24)35-25-17-31-14-11-18(25)2/h5-10,12-13,15,18,25,31,36H,4,11,14,16-17H2,1-3H3,(H,33,34,35)/t18-,25?/m1/s1. The summed E-state index contributed by atoms with van der Waals surface area (Å²) in [6, 6.07) is 12.0. The van der Waals surface area contributed by atoms with Gasteiger partial charge in [0.25, 0.3) is 0 Å². The van der Waals surface area contributed by atoms with Gasteiger partial charge in [-0.2, -0.15) is 0 Å². The average molecular weight is 565 g/mol. The Kier molecular flexibility index (Phi) is 8.13. The van der Waals surface area contributed by atoms with Gasteiger partial charge in [0.05, 0.1) is 22.7 Å². The van der Waals surface area contributed by atoms with Crippen LogP contribution in [0.4, 0.5) is 16.0 Å². The first kappa shape index (κ1) is 27.7. The number of fused-ring (bicyclic) bond motifs is 1. The molecule has 40 heavy (non-hydrogen) atoms. The Morgan fingerprint density at radius 3 is 2.73 bits per heavy atom. The minimum atomic E-state index is -3.71. The van der Waals surface area contributed by atoms with Crippen LogP contribution in [0.2, 0.25) is 0 Å². The van der Waals surface area contributed by atoms with Gasteiger partial charge in [0.2, 0.25) is 21.9 Å². The number of ether oxygens (including phenoxy) is 1. The largest absolute Gasteiger partial charge is 0.437 e. The Balaban J connectivity index is 1.51. The summed E-state index contributed by atoms with van der Waals surface area (Å²) in [4.78, 5) is 13.6. The van der Waals surface area contributed by atoms with Gasteiger partial charge < -0.3 is 15.4 Å². The first-order chi connectivity index (χ1) is 19.3. The highest BCUT2D eigenvalue weighted by Gasteiger charge is 2.23. The van der Waals surface area contributed by atoms with E-state index in [-0.39, 0.29) is 17.5 Å². The van der Waals surface area contributed by atoms with Crippen LogP contribution in [-0.4, -0.2) is 48.3 Å². The molecule has 3 N–H and O–H groups in total. The monoisotopic (exact) mass is 564 g/mol. The lowest BCUT2D eigenvalue weighted by atomic mass is 9.95. The average Bonchev–Trinajstić information content (AvgIpc) is 2.93. The van der Waals surface area contributed by atoms with E-state index < -0.39 is 15.8 Å². The molecule has 0 saturated carbocycles. The molecule has 1 saturated heterocycles. The third-order valence-electron chi connectivity index (χ3n) is 7.07. The van der Waals surface area contributed by atoms with Gasteiger partial charge in [0.15, 0.2) is 0 Å². The molecule has 9 nitrogen and oxygen atoms in total. The maximum atomic E-state index is 14.9. The van der Waals surface area contributed by atoms with Crippen molar-refractivity contribution in [2.24, 2.45) is 5.92 Å². The lowest BCUT2D eigenvalue weighted by Gasteiger charge is -2.30. The number of nitrogens with zero attached hydrogens (tertiary/aromatic N) is 3. The molecular formula is C29H33FN6O3S. The lowest BCUT2D eigenvalue weighted by molar-refractivity contribution is 0.365. The fourth-order valence-electron chi connectivity index (χ4n) is 4.87. The molecule has 210 valence electrons. The summed E-state index contributed by atoms with van der Waals surface area (Å²) in [6.45, 7) is 7.68. The van der Waals surface area contributed by atoms with Gasteiger partial charge in [-0.25, -0.2) is 27.8 Å². The molecule has 4 aromatic rings. The van der Waals surface area contributed by atoms with Crippen molar-refractivity contribution in [3.8, 4) is 22.9 Å². The molecule has 1 aliphatic rings. The topological polar surface area (TPSA) is 118 Å². The van der Waals surface area contributed by atoms with Crippen molar-refractivity contribution in [2.45, 2.75) is 39.7 Å². The number of rotatable bonds is 9. The van der Waals surface area contributed by atoms with Crippen LogP contribution in [0.3, 0.4) is 0 Å². The second-order valence-electron chi connectivity index (χ2n) is 10.1. The Bertz CT molecular complexity index is 1630. The summed E-state index contributed by atoms with van der Waals surface area (Å²) in [6.07, 6.45) is 4.81. The minimum Gasteiger partial charge on any atom is -0.437 e. The zero-order valence-corrected chi connectivity index (χ0v) is 23.6. The SMILES string of the molecule is CCCS(=O)(=O)Nc1c(F)ccc2c(Oc3ncccc3-c3ccnc(NC4CNCC[C@H]4C)n3)c(C)ccc12. The first-order valence-electron chi connectivity index (χ1n) is 13.4. The predicted octanol–water partition coefficient (Wildman–Crippen LogP) is 5.49. The number of halogens is 1. The summed E-state index contributed by atoms with van der Waals surface area (Å²) in [5.41, 5.74) is 1.97. The summed E-state index contributed by atoms with van der Waals surface area (Å²) in [5, 5.41) is 7.79. The molecule has 2 atom stereocenters. The smallest absolute Gasteiger partial charge is 0.232 e. The third-order valence-corrected chi connectivity index (χ3v) is 8.53. The van der Waals surface area contributed by atoms with E-state index >= 15 is 0 Å². The number of aryl methyl sites for hydroxylation is 1. The van der Waals surface area contributed by atoms with Gasteiger partial charge in [0.1, 0.15) is 11.6 Å². The second kappa shape index (κ2) is 11.7. The van der Waals surface area contributed by atoms with E-state index in [9.17, 15) is 12.8 Å². The van der Waals surface area contributed by atoms with Crippen LogP contribution in [0.1, 0.15) is 32.3 Å². The van der Waals surface area contributed by atoms with Gasteiger partial charge in [-0.05, 0) is 68.1 Å². The normalized spacial score (nSPS) is 17.5. The van der Waals surface area contributed by atoms with Crippen molar-refractivity contribution in [3.63, 3.8) is 0 Å². The minimum absolute atomic E-state index is 0.102. The predicted molar refractivity (Wildman–Crippen MR) is 156 cm³/mol. The fraction of sp³-hybridized carbons (Fsp3) is 0.345. The van der Waals surface area contributed by atoms with E-state index in [0.717, 1.165) is 25.1 Å². The number of sulfonamides is 1. The Hall–Kier alpha value is -3.83. The van der Waals surface area contributed by atoms with Crippen molar-refractivity contribution in [3.05, 3.63) is 66.2 Å². The number of piperidine rings is 1. The molecule has 1 aliphatic heterocycles. The van der Waals surface area contributed by atoms with Crippen LogP contribution in [-0.2, 0) is 10.0 Å². The summed E-state index contributed by atoms with van der Waals surface area (Å²) < 4.78 is 48.6. The first-order valence-corrected chi connectivity index (χ1v) is 15.1. The van der Waals surface area contributed by atoms with Gasteiger partial charge in [0, 0.05) is 35.8 Å². The number of hydrogen-bond donors (Lipinski definition) is 3. The number of nitrogens with one attached hydrogen (secondary N) is 3. The number of aromatic nitrogens is 3. The van der Waals surface area contributed by atoms with Gasteiger partial charge in [-0.15, -0.1) is 0 Å². The molecule has 0 aliphatic carbocycles. The molecule has 2 aromatic carbocycles. The van der Waals surface area contributed by atoms with Gasteiger partial charge >= 0.3 is 0 Å². The van der Waals surface area contributed by atoms with E-state index in [1.165, 1.54) is 6.07 Å². The molecule has 0 radical (unpaired) electrons. The summed E-state index contributed by atoms with van der Waals surface area (Å²) >= 11 is 0. The van der Waals surface area contributed by atoms with E-state index in [2.05, 4.69) is 32.2 Å². The molecule has 1 unspecified atom stereocenters. The van der Waals surface area contributed by atoms with Crippen LogP contribution < -0.4 is 20.1 Å². The zero-order valence-electron chi connectivity index (χ0n) is 22.7. The van der Waals surface area contributed by atoms with E-state index in [1.54, 1.807) is 49.6 Å². The Labute approximate surface area is 233 Å². The number of hydrogen-bond acceptors (Lipinski definition) is 8. The quantitative estimate of drug-likeness (QED) is 0.244. The van der Waals surface area contributed by atoms with E-state index in [0.29, 0.717) is 51.9 Å². The summed E-state index contributed by atoms with van der Waals surface area (Å²) in [7, 11) is -3.71. The molecule has 5 rings (SSSR count). The van der Waals surface area contributed by atoms with Crippen LogP contribution in [0.5, 0.6) is 11.6 Å². The highest BCUT2D eigenvalue weighted by atomic mass is 32.2. The second-order valence-corrected chi connectivity index (χ2v) is 11.9. The molecular weight excluding hydrogens is 531 g/mol. The Morgan fingerprint density at radius 2 is 1.93 bits per heavy atom. The molecule has 0 amide bonds. The number of benzene rings is 2. The summed E-state index contributed by atoms with van der Waals surface area (Å²) in [5.74, 6) is 0.996. The van der Waals surface area contributed by atoms with Crippen LogP contribution >= 0.6 is 0 Å². The van der Waals surface area contributed by atoms with Gasteiger partial charge in [-0.1, -0.05) is 26.0 Å². The van der Waals surface area contributed by atoms with Crippen molar-refractivity contribution in [1.29, 1.82) is 0 Å². The lowest BCUT2D eigenvalue weighted by Crippen LogP contribution is -2.44. The van der Waals surface area contributed by atoms with Crippen molar-refractivity contribution in [1.82, 2.24) is 20.3 Å². The molecule has 2 aromatic heterocycles. The number of pyridine rings is 1. The van der Waals surface area contributed by atoms with Crippen molar-refractivity contribution < 1.29 is 17.5 Å². The molecule has 1 fully saturated rings. The third kappa shape index (κ3) is 6.00.